The third-order valence-corrected chi connectivity index (χ3v) is 10.3. The predicted molar refractivity (Wildman–Crippen MR) is 209 cm³/mol. The lowest BCUT2D eigenvalue weighted by Gasteiger charge is -2.13. The van der Waals surface area contributed by atoms with E-state index in [1.54, 1.807) is 0 Å². The van der Waals surface area contributed by atoms with Crippen LogP contribution in [0.25, 0.3) is 99.0 Å². The first-order valence-electron chi connectivity index (χ1n) is 17.0. The Balaban J connectivity index is 1.25. The number of rotatable bonds is 3. The first kappa shape index (κ1) is 27.2. The maximum atomic E-state index is 5.44. The average Bonchev–Trinajstić information content (AvgIpc) is 3.68. The van der Waals surface area contributed by atoms with E-state index in [4.69, 9.17) is 9.97 Å². The molecule has 0 aliphatic carbocycles. The highest BCUT2D eigenvalue weighted by Crippen LogP contribution is 2.39. The quantitative estimate of drug-likeness (QED) is 0.193. The van der Waals surface area contributed by atoms with Crippen molar-refractivity contribution >= 4 is 76.1 Å². The molecule has 0 radical (unpaired) electrons. The Bertz CT molecular complexity index is 3110. The van der Waals surface area contributed by atoms with Crippen molar-refractivity contribution in [1.29, 1.82) is 0 Å². The topological polar surface area (TPSA) is 35.6 Å². The number of benzene rings is 8. The molecular weight excluding hydrogens is 609 g/mol. The van der Waals surface area contributed by atoms with Crippen LogP contribution >= 0.6 is 0 Å². The fourth-order valence-electron chi connectivity index (χ4n) is 7.97. The Labute approximate surface area is 287 Å². The zero-order valence-corrected chi connectivity index (χ0v) is 27.0. The van der Waals surface area contributed by atoms with Crippen LogP contribution in [0.3, 0.4) is 0 Å². The van der Waals surface area contributed by atoms with Crippen molar-refractivity contribution in [2.45, 2.75) is 0 Å². The summed E-state index contributed by atoms with van der Waals surface area (Å²) in [6.07, 6.45) is 0. The maximum Gasteiger partial charge on any atom is 0.235 e. The summed E-state index contributed by atoms with van der Waals surface area (Å²) in [7, 11) is 0. The molecule has 0 fully saturated rings. The minimum Gasteiger partial charge on any atom is -0.309 e. The molecule has 3 aromatic heterocycles. The van der Waals surface area contributed by atoms with E-state index in [0.717, 1.165) is 38.9 Å². The molecule has 0 N–H and O–H groups in total. The van der Waals surface area contributed by atoms with Gasteiger partial charge in [-0.2, -0.15) is 0 Å². The largest absolute Gasteiger partial charge is 0.309 e. The number of aromatic nitrogens is 4. The van der Waals surface area contributed by atoms with Crippen LogP contribution in [0.15, 0.2) is 170 Å². The lowest BCUT2D eigenvalue weighted by Crippen LogP contribution is -2.04. The first-order chi connectivity index (χ1) is 24.8. The third kappa shape index (κ3) is 3.93. The van der Waals surface area contributed by atoms with Crippen LogP contribution in [-0.2, 0) is 0 Å². The lowest BCUT2D eigenvalue weighted by molar-refractivity contribution is 1.01. The molecular formula is C46H28N4. The van der Waals surface area contributed by atoms with E-state index in [2.05, 4.69) is 179 Å². The van der Waals surface area contributed by atoms with Crippen LogP contribution in [0.1, 0.15) is 0 Å². The van der Waals surface area contributed by atoms with Crippen LogP contribution in [0.5, 0.6) is 0 Å². The standard InChI is InChI=1S/C46H28N4/c1-2-12-30-25-33(22-21-29(30)11-1)45-38-17-5-8-18-40(38)47-46(48-45)50-43-27-32-14-4-3-13-31(32)26-39(43)37-24-23-34(28-44(37)50)49-41-19-9-6-15-35(41)36-16-7-10-20-42(36)49/h1-28H. The van der Waals surface area contributed by atoms with Gasteiger partial charge in [-0.25, -0.2) is 9.97 Å². The van der Waals surface area contributed by atoms with Crippen molar-refractivity contribution in [2.24, 2.45) is 0 Å². The Morgan fingerprint density at radius 3 is 1.68 bits per heavy atom. The summed E-state index contributed by atoms with van der Waals surface area (Å²) in [5.74, 6) is 0.654. The zero-order chi connectivity index (χ0) is 32.8. The van der Waals surface area contributed by atoms with Gasteiger partial charge < -0.3 is 4.57 Å². The molecule has 4 heteroatoms. The molecule has 0 saturated carbocycles. The number of fused-ring (bicyclic) bond motifs is 9. The molecule has 232 valence electrons. The summed E-state index contributed by atoms with van der Waals surface area (Å²) in [6.45, 7) is 0. The predicted octanol–water partition coefficient (Wildman–Crippen LogP) is 11.8. The van der Waals surface area contributed by atoms with E-state index in [1.165, 1.54) is 54.1 Å². The van der Waals surface area contributed by atoms with Crippen molar-refractivity contribution in [2.75, 3.05) is 0 Å². The van der Waals surface area contributed by atoms with E-state index in [9.17, 15) is 0 Å². The molecule has 0 spiro atoms. The number of nitrogens with zero attached hydrogens (tertiary/aromatic N) is 4. The van der Waals surface area contributed by atoms with Gasteiger partial charge in [0.05, 0.1) is 33.3 Å². The zero-order valence-electron chi connectivity index (χ0n) is 27.0. The van der Waals surface area contributed by atoms with Gasteiger partial charge in [0, 0.05) is 38.2 Å². The minimum atomic E-state index is 0.654. The summed E-state index contributed by atoms with van der Waals surface area (Å²) < 4.78 is 4.65. The summed E-state index contributed by atoms with van der Waals surface area (Å²) in [6, 6.07) is 60.8. The minimum absolute atomic E-state index is 0.654. The van der Waals surface area contributed by atoms with Gasteiger partial charge in [-0.3, -0.25) is 4.57 Å². The monoisotopic (exact) mass is 636 g/mol. The van der Waals surface area contributed by atoms with Crippen LogP contribution in [0, 0.1) is 0 Å². The van der Waals surface area contributed by atoms with E-state index in [0.29, 0.717) is 5.95 Å². The Hall–Kier alpha value is -6.78. The van der Waals surface area contributed by atoms with Crippen LogP contribution in [-0.4, -0.2) is 19.1 Å². The van der Waals surface area contributed by atoms with Crippen molar-refractivity contribution in [3.05, 3.63) is 170 Å². The highest BCUT2D eigenvalue weighted by molar-refractivity contribution is 6.15. The second-order valence-electron chi connectivity index (χ2n) is 13.1. The fourth-order valence-corrected chi connectivity index (χ4v) is 7.97. The van der Waals surface area contributed by atoms with Crippen LogP contribution < -0.4 is 0 Å². The van der Waals surface area contributed by atoms with Gasteiger partial charge in [-0.1, -0.05) is 121 Å². The van der Waals surface area contributed by atoms with Gasteiger partial charge in [-0.05, 0) is 70.1 Å². The molecule has 11 rings (SSSR count). The Morgan fingerprint density at radius 2 is 0.920 bits per heavy atom. The smallest absolute Gasteiger partial charge is 0.235 e. The van der Waals surface area contributed by atoms with Crippen molar-refractivity contribution in [3.63, 3.8) is 0 Å². The van der Waals surface area contributed by atoms with E-state index >= 15 is 0 Å². The molecule has 0 aliphatic rings. The van der Waals surface area contributed by atoms with Gasteiger partial charge in [0.1, 0.15) is 0 Å². The molecule has 0 atom stereocenters. The van der Waals surface area contributed by atoms with Crippen molar-refractivity contribution in [1.82, 2.24) is 19.1 Å². The Kier molecular flexibility index (Phi) is 5.63. The van der Waals surface area contributed by atoms with Gasteiger partial charge in [0.2, 0.25) is 5.95 Å². The molecule has 3 heterocycles. The van der Waals surface area contributed by atoms with Gasteiger partial charge >= 0.3 is 0 Å². The Morgan fingerprint density at radius 1 is 0.340 bits per heavy atom. The summed E-state index contributed by atoms with van der Waals surface area (Å²) in [5, 5.41) is 10.7. The van der Waals surface area contributed by atoms with Gasteiger partial charge in [0.15, 0.2) is 0 Å². The number of para-hydroxylation sites is 3. The van der Waals surface area contributed by atoms with Crippen molar-refractivity contribution in [3.8, 4) is 22.9 Å². The van der Waals surface area contributed by atoms with E-state index in [1.807, 2.05) is 0 Å². The normalized spacial score (nSPS) is 12.0. The second kappa shape index (κ2) is 10.4. The highest BCUT2D eigenvalue weighted by Gasteiger charge is 2.20. The van der Waals surface area contributed by atoms with Crippen LogP contribution in [0.2, 0.25) is 0 Å². The molecule has 50 heavy (non-hydrogen) atoms. The number of hydrogen-bond acceptors (Lipinski definition) is 2. The molecule has 0 amide bonds. The average molecular weight is 637 g/mol. The first-order valence-corrected chi connectivity index (χ1v) is 17.0. The van der Waals surface area contributed by atoms with E-state index in [-0.39, 0.29) is 0 Å². The third-order valence-electron chi connectivity index (χ3n) is 10.3. The second-order valence-corrected chi connectivity index (χ2v) is 13.1. The summed E-state index contributed by atoms with van der Waals surface area (Å²) in [5.41, 5.74) is 8.51. The lowest BCUT2D eigenvalue weighted by atomic mass is 10.0. The number of hydrogen-bond donors (Lipinski definition) is 0. The summed E-state index contributed by atoms with van der Waals surface area (Å²) >= 11 is 0. The molecule has 11 aromatic rings. The van der Waals surface area contributed by atoms with Crippen LogP contribution in [0.4, 0.5) is 0 Å². The maximum absolute atomic E-state index is 5.44. The summed E-state index contributed by atoms with van der Waals surface area (Å²) in [4.78, 5) is 10.7. The molecule has 0 bridgehead atoms. The molecule has 0 saturated heterocycles. The molecule has 0 unspecified atom stereocenters. The molecule has 0 aliphatic heterocycles. The van der Waals surface area contributed by atoms with Gasteiger partial charge in [-0.15, -0.1) is 0 Å². The molecule has 8 aromatic carbocycles. The van der Waals surface area contributed by atoms with E-state index < -0.39 is 0 Å². The SMILES string of the molecule is c1ccc2cc(-c3nc(-n4c5cc(-n6c7ccccc7c7ccccc76)ccc5c5cc6ccccc6cc54)nc4ccccc34)ccc2c1. The molecule has 4 nitrogen and oxygen atoms in total. The fraction of sp³-hybridized carbons (Fsp3) is 0. The highest BCUT2D eigenvalue weighted by atomic mass is 15.2. The van der Waals surface area contributed by atoms with Gasteiger partial charge in [0.25, 0.3) is 0 Å². The van der Waals surface area contributed by atoms with Crippen molar-refractivity contribution < 1.29 is 0 Å².